The lowest BCUT2D eigenvalue weighted by molar-refractivity contribution is 0.0773. The van der Waals surface area contributed by atoms with Crippen molar-refractivity contribution in [1.29, 1.82) is 0 Å². The van der Waals surface area contributed by atoms with Crippen molar-refractivity contribution >= 4 is 48.8 Å². The number of benzene rings is 1. The molecule has 0 aliphatic carbocycles. The van der Waals surface area contributed by atoms with Gasteiger partial charge >= 0.3 is 0 Å². The zero-order valence-corrected chi connectivity index (χ0v) is 13.4. The van der Waals surface area contributed by atoms with Crippen molar-refractivity contribution in [2.75, 3.05) is 13.1 Å². The van der Waals surface area contributed by atoms with Gasteiger partial charge in [-0.25, -0.2) is 8.42 Å². The lowest BCUT2D eigenvalue weighted by Gasteiger charge is -2.20. The zero-order chi connectivity index (χ0) is 14.8. The molecule has 8 heteroatoms. The van der Waals surface area contributed by atoms with E-state index in [1.165, 1.54) is 11.0 Å². The molecule has 1 rings (SSSR count). The molecule has 0 aliphatic heterocycles. The Kier molecular flexibility index (Phi) is 5.50. The van der Waals surface area contributed by atoms with Crippen LogP contribution in [0.15, 0.2) is 17.0 Å². The molecule has 0 saturated heterocycles. The first-order valence-corrected chi connectivity index (χ1v) is 8.51. The van der Waals surface area contributed by atoms with Crippen LogP contribution in [0.25, 0.3) is 0 Å². The molecular formula is C11H12Cl3NO3S. The molecule has 0 fully saturated rings. The second-order valence-corrected chi connectivity index (χ2v) is 7.03. The molecule has 0 saturated carbocycles. The minimum atomic E-state index is -4.07. The van der Waals surface area contributed by atoms with Gasteiger partial charge in [0.05, 0.1) is 10.6 Å². The normalized spacial score (nSPS) is 11.4. The summed E-state index contributed by atoms with van der Waals surface area (Å²) in [6.07, 6.45) is 0. The van der Waals surface area contributed by atoms with Gasteiger partial charge in [0.25, 0.3) is 15.0 Å². The van der Waals surface area contributed by atoms with Crippen LogP contribution in [-0.4, -0.2) is 32.3 Å². The maximum atomic E-state index is 12.2. The summed E-state index contributed by atoms with van der Waals surface area (Å²) < 4.78 is 22.8. The summed E-state index contributed by atoms with van der Waals surface area (Å²) in [6, 6.07) is 2.45. The van der Waals surface area contributed by atoms with Crippen LogP contribution in [0.3, 0.4) is 0 Å². The van der Waals surface area contributed by atoms with E-state index in [2.05, 4.69) is 0 Å². The third-order valence-corrected chi connectivity index (χ3v) is 4.63. The van der Waals surface area contributed by atoms with E-state index in [0.717, 1.165) is 6.07 Å². The van der Waals surface area contributed by atoms with Gasteiger partial charge in [0.15, 0.2) is 0 Å². The van der Waals surface area contributed by atoms with Crippen LogP contribution in [-0.2, 0) is 9.05 Å². The minimum Gasteiger partial charge on any atom is -0.339 e. The van der Waals surface area contributed by atoms with E-state index in [1.807, 2.05) is 0 Å². The fraction of sp³-hybridized carbons (Fsp3) is 0.364. The van der Waals surface area contributed by atoms with E-state index in [1.54, 1.807) is 13.8 Å². The van der Waals surface area contributed by atoms with Gasteiger partial charge in [0, 0.05) is 28.8 Å². The Bertz CT molecular complexity index is 597. The third kappa shape index (κ3) is 3.75. The highest BCUT2D eigenvalue weighted by molar-refractivity contribution is 8.13. The van der Waals surface area contributed by atoms with Crippen LogP contribution >= 0.6 is 33.9 Å². The van der Waals surface area contributed by atoms with Crippen LogP contribution in [0.5, 0.6) is 0 Å². The lowest BCUT2D eigenvalue weighted by Crippen LogP contribution is -2.30. The van der Waals surface area contributed by atoms with Crippen LogP contribution < -0.4 is 0 Å². The molecule has 1 aromatic carbocycles. The Labute approximate surface area is 126 Å². The average molecular weight is 345 g/mol. The maximum absolute atomic E-state index is 12.2. The highest BCUT2D eigenvalue weighted by Crippen LogP contribution is 2.32. The molecular weight excluding hydrogens is 333 g/mol. The van der Waals surface area contributed by atoms with Crippen molar-refractivity contribution in [2.24, 2.45) is 0 Å². The maximum Gasteiger partial charge on any atom is 0.262 e. The molecule has 1 amide bonds. The van der Waals surface area contributed by atoms with Crippen molar-refractivity contribution in [1.82, 2.24) is 4.90 Å². The summed E-state index contributed by atoms with van der Waals surface area (Å²) in [4.78, 5) is 13.3. The van der Waals surface area contributed by atoms with E-state index < -0.39 is 9.05 Å². The van der Waals surface area contributed by atoms with Gasteiger partial charge in [-0.15, -0.1) is 0 Å². The third-order valence-electron chi connectivity index (χ3n) is 2.55. The number of halogens is 3. The summed E-state index contributed by atoms with van der Waals surface area (Å²) in [5, 5.41) is -0.129. The predicted octanol–water partition coefficient (Wildman–Crippen LogP) is 3.40. The fourth-order valence-corrected chi connectivity index (χ4v) is 3.43. The lowest BCUT2D eigenvalue weighted by atomic mass is 10.2. The summed E-state index contributed by atoms with van der Waals surface area (Å²) in [7, 11) is 1.20. The van der Waals surface area contributed by atoms with E-state index >= 15 is 0 Å². The Morgan fingerprint density at radius 3 is 2.16 bits per heavy atom. The number of carbonyl (C=O) groups excluding carboxylic acids is 1. The molecule has 0 aliphatic rings. The van der Waals surface area contributed by atoms with E-state index in [4.69, 9.17) is 33.9 Å². The van der Waals surface area contributed by atoms with Crippen LogP contribution in [0, 0.1) is 0 Å². The summed E-state index contributed by atoms with van der Waals surface area (Å²) in [5.41, 5.74) is 0.0251. The molecule has 0 radical (unpaired) electrons. The van der Waals surface area contributed by atoms with Crippen LogP contribution in [0.1, 0.15) is 24.2 Å². The molecule has 106 valence electrons. The summed E-state index contributed by atoms with van der Waals surface area (Å²) >= 11 is 11.8. The van der Waals surface area contributed by atoms with Gasteiger partial charge in [-0.3, -0.25) is 4.79 Å². The topological polar surface area (TPSA) is 54.5 Å². The van der Waals surface area contributed by atoms with Crippen molar-refractivity contribution < 1.29 is 13.2 Å². The van der Waals surface area contributed by atoms with Crippen LogP contribution in [0.4, 0.5) is 0 Å². The number of carbonyl (C=O) groups is 1. The number of nitrogens with zero attached hydrogens (tertiary/aromatic N) is 1. The predicted molar refractivity (Wildman–Crippen MR) is 76.8 cm³/mol. The molecule has 0 bridgehead atoms. The Balaban J connectivity index is 3.46. The Hall–Kier alpha value is -0.490. The number of hydrogen-bond acceptors (Lipinski definition) is 3. The number of rotatable bonds is 4. The Morgan fingerprint density at radius 1 is 1.21 bits per heavy atom. The Morgan fingerprint density at radius 2 is 1.74 bits per heavy atom. The number of hydrogen-bond donors (Lipinski definition) is 0. The summed E-state index contributed by atoms with van der Waals surface area (Å²) in [6.45, 7) is 4.56. The molecule has 0 atom stereocenters. The quantitative estimate of drug-likeness (QED) is 0.787. The molecule has 0 N–H and O–H groups in total. The first kappa shape index (κ1) is 16.6. The molecule has 4 nitrogen and oxygen atoms in total. The fourth-order valence-electron chi connectivity index (χ4n) is 1.58. The van der Waals surface area contributed by atoms with Crippen molar-refractivity contribution in [2.45, 2.75) is 18.7 Å². The van der Waals surface area contributed by atoms with Gasteiger partial charge in [0.2, 0.25) is 0 Å². The van der Waals surface area contributed by atoms with Gasteiger partial charge < -0.3 is 4.90 Å². The first-order valence-electron chi connectivity index (χ1n) is 5.45. The summed E-state index contributed by atoms with van der Waals surface area (Å²) in [5.74, 6) is -0.390. The van der Waals surface area contributed by atoms with Gasteiger partial charge in [-0.1, -0.05) is 23.2 Å². The highest BCUT2D eigenvalue weighted by atomic mass is 35.7. The van der Waals surface area contributed by atoms with E-state index in [-0.39, 0.29) is 26.4 Å². The molecule has 0 aromatic heterocycles. The standard InChI is InChI=1S/C11H12Cl3NO3S/c1-3-15(4-2)11(16)8-5-7(12)6-9(10(8)13)19(14,17)18/h5-6H,3-4H2,1-2H3. The first-order chi connectivity index (χ1) is 8.72. The largest absolute Gasteiger partial charge is 0.339 e. The average Bonchev–Trinajstić information content (AvgIpc) is 2.31. The monoisotopic (exact) mass is 343 g/mol. The van der Waals surface area contributed by atoms with Gasteiger partial charge in [-0.05, 0) is 26.0 Å². The van der Waals surface area contributed by atoms with Crippen molar-refractivity contribution in [3.63, 3.8) is 0 Å². The molecule has 0 spiro atoms. The molecule has 19 heavy (non-hydrogen) atoms. The SMILES string of the molecule is CCN(CC)C(=O)c1cc(Cl)cc(S(=O)(=O)Cl)c1Cl. The van der Waals surface area contributed by atoms with Crippen LogP contribution in [0.2, 0.25) is 10.0 Å². The number of amides is 1. The molecule has 0 unspecified atom stereocenters. The van der Waals surface area contributed by atoms with E-state index in [0.29, 0.717) is 13.1 Å². The van der Waals surface area contributed by atoms with Crippen molar-refractivity contribution in [3.05, 3.63) is 27.7 Å². The van der Waals surface area contributed by atoms with E-state index in [9.17, 15) is 13.2 Å². The smallest absolute Gasteiger partial charge is 0.262 e. The van der Waals surface area contributed by atoms with Gasteiger partial charge in [-0.2, -0.15) is 0 Å². The zero-order valence-electron chi connectivity index (χ0n) is 10.3. The van der Waals surface area contributed by atoms with Gasteiger partial charge in [0.1, 0.15) is 4.90 Å². The second kappa shape index (κ2) is 6.31. The van der Waals surface area contributed by atoms with Crippen molar-refractivity contribution in [3.8, 4) is 0 Å². The minimum absolute atomic E-state index is 0.0251. The highest BCUT2D eigenvalue weighted by Gasteiger charge is 2.24. The molecule has 1 aromatic rings. The molecule has 0 heterocycles. The second-order valence-electron chi connectivity index (χ2n) is 3.68.